The fourth-order valence-electron chi connectivity index (χ4n) is 3.76. The number of carboxylic acid groups (broad SMARTS) is 1. The highest BCUT2D eigenvalue weighted by atomic mass is 32.1. The van der Waals surface area contributed by atoms with E-state index in [1.54, 1.807) is 38.8 Å². The Balaban J connectivity index is 1.47. The first-order chi connectivity index (χ1) is 16.5. The van der Waals surface area contributed by atoms with Gasteiger partial charge in [0.05, 0.1) is 20.4 Å². The molecule has 0 atom stereocenters. The molecule has 34 heavy (non-hydrogen) atoms. The molecule has 0 aliphatic rings. The molecule has 0 unspecified atom stereocenters. The van der Waals surface area contributed by atoms with E-state index < -0.39 is 6.09 Å². The minimum atomic E-state index is -0.945. The van der Waals surface area contributed by atoms with Crippen LogP contribution < -0.4 is 14.8 Å². The maximum atomic E-state index is 11.2. The van der Waals surface area contributed by atoms with Gasteiger partial charge in [-0.05, 0) is 46.7 Å². The molecule has 0 aliphatic carbocycles. The number of aromatic nitrogens is 2. The van der Waals surface area contributed by atoms with Gasteiger partial charge in [0.2, 0.25) is 0 Å². The molecule has 0 spiro atoms. The summed E-state index contributed by atoms with van der Waals surface area (Å²) in [5, 5.41) is 24.9. The van der Waals surface area contributed by atoms with Gasteiger partial charge in [-0.3, -0.25) is 0 Å². The number of amides is 1. The number of hydrogen-bond donors (Lipinski definition) is 2. The largest absolute Gasteiger partial charge is 0.493 e. The standard InChI is InChI=1S/C25H26N4O4S/c1-29(25(30)31)14-16-6-4-5-7-20(16)18-10-19(34-15-18)8-9-26-24-21-12-23(33-3)22(32-2)11-17(21)13-27-28-24/h4-7,10-13,15H,8-9,14H2,1-3H3,(H,26,28)(H,30,31). The Kier molecular flexibility index (Phi) is 7.12. The van der Waals surface area contributed by atoms with Gasteiger partial charge in [-0.2, -0.15) is 5.10 Å². The minimum Gasteiger partial charge on any atom is -0.493 e. The number of anilines is 1. The van der Waals surface area contributed by atoms with Crippen LogP contribution in [-0.4, -0.2) is 54.1 Å². The number of methoxy groups -OCH3 is 2. The number of rotatable bonds is 9. The summed E-state index contributed by atoms with van der Waals surface area (Å²) >= 11 is 1.69. The van der Waals surface area contributed by atoms with E-state index in [0.717, 1.165) is 33.9 Å². The van der Waals surface area contributed by atoms with Crippen LogP contribution in [0.25, 0.3) is 21.9 Å². The maximum absolute atomic E-state index is 11.2. The Labute approximate surface area is 201 Å². The second kappa shape index (κ2) is 10.4. The summed E-state index contributed by atoms with van der Waals surface area (Å²) in [4.78, 5) is 13.7. The highest BCUT2D eigenvalue weighted by molar-refractivity contribution is 7.10. The molecule has 0 saturated carbocycles. The molecular formula is C25H26N4O4S. The smallest absolute Gasteiger partial charge is 0.407 e. The van der Waals surface area contributed by atoms with Crippen LogP contribution in [0.15, 0.2) is 54.0 Å². The Bertz CT molecular complexity index is 1310. The van der Waals surface area contributed by atoms with E-state index in [-0.39, 0.29) is 0 Å². The van der Waals surface area contributed by atoms with Gasteiger partial charge in [0.25, 0.3) is 0 Å². The Morgan fingerprint density at radius 2 is 1.91 bits per heavy atom. The molecular weight excluding hydrogens is 452 g/mol. The molecule has 0 bridgehead atoms. The fraction of sp³-hybridized carbons (Fsp3) is 0.240. The summed E-state index contributed by atoms with van der Waals surface area (Å²) < 4.78 is 10.8. The van der Waals surface area contributed by atoms with E-state index in [1.165, 1.54) is 9.78 Å². The van der Waals surface area contributed by atoms with E-state index in [1.807, 2.05) is 36.4 Å². The van der Waals surface area contributed by atoms with Crippen molar-refractivity contribution in [1.29, 1.82) is 0 Å². The number of nitrogens with zero attached hydrogens (tertiary/aromatic N) is 3. The number of nitrogens with one attached hydrogen (secondary N) is 1. The SMILES string of the molecule is COc1cc2cnnc(NCCc3cc(-c4ccccc4CN(C)C(=O)O)cs3)c2cc1OC. The van der Waals surface area contributed by atoms with Gasteiger partial charge >= 0.3 is 6.09 Å². The molecule has 0 saturated heterocycles. The Morgan fingerprint density at radius 1 is 1.15 bits per heavy atom. The second-order valence-corrected chi connectivity index (χ2v) is 8.76. The highest BCUT2D eigenvalue weighted by Crippen LogP contribution is 2.34. The zero-order chi connectivity index (χ0) is 24.1. The number of benzene rings is 2. The molecule has 4 rings (SSSR count). The summed E-state index contributed by atoms with van der Waals surface area (Å²) in [5.41, 5.74) is 3.12. The number of hydrogen-bond acceptors (Lipinski definition) is 7. The van der Waals surface area contributed by atoms with Crippen molar-refractivity contribution in [1.82, 2.24) is 15.1 Å². The van der Waals surface area contributed by atoms with Crippen molar-refractivity contribution < 1.29 is 19.4 Å². The Hall–Kier alpha value is -3.85. The van der Waals surface area contributed by atoms with Crippen LogP contribution in [0.4, 0.5) is 10.6 Å². The molecule has 2 heterocycles. The lowest BCUT2D eigenvalue weighted by Crippen LogP contribution is -2.24. The van der Waals surface area contributed by atoms with Crippen LogP contribution in [0.5, 0.6) is 11.5 Å². The van der Waals surface area contributed by atoms with Gasteiger partial charge < -0.3 is 24.8 Å². The molecule has 176 valence electrons. The van der Waals surface area contributed by atoms with E-state index in [4.69, 9.17) is 9.47 Å². The van der Waals surface area contributed by atoms with Crippen molar-refractivity contribution in [3.63, 3.8) is 0 Å². The van der Waals surface area contributed by atoms with Crippen molar-refractivity contribution >= 4 is 34.0 Å². The van der Waals surface area contributed by atoms with E-state index in [2.05, 4.69) is 27.0 Å². The van der Waals surface area contributed by atoms with Crippen molar-refractivity contribution in [2.75, 3.05) is 33.1 Å². The second-order valence-electron chi connectivity index (χ2n) is 7.76. The molecule has 4 aromatic rings. The van der Waals surface area contributed by atoms with Gasteiger partial charge in [-0.25, -0.2) is 4.79 Å². The molecule has 0 radical (unpaired) electrons. The molecule has 0 fully saturated rings. The van der Waals surface area contributed by atoms with Crippen LogP contribution in [0, 0.1) is 0 Å². The van der Waals surface area contributed by atoms with Gasteiger partial charge in [-0.15, -0.1) is 16.4 Å². The summed E-state index contributed by atoms with van der Waals surface area (Å²) in [7, 11) is 4.79. The molecule has 2 aromatic heterocycles. The van der Waals surface area contributed by atoms with Crippen LogP contribution >= 0.6 is 11.3 Å². The molecule has 2 N–H and O–H groups in total. The van der Waals surface area contributed by atoms with Crippen molar-refractivity contribution in [3.05, 3.63) is 64.5 Å². The summed E-state index contributed by atoms with van der Waals surface area (Å²) in [5.74, 6) is 1.98. The van der Waals surface area contributed by atoms with E-state index in [0.29, 0.717) is 30.4 Å². The topological polar surface area (TPSA) is 96.8 Å². The average Bonchev–Trinajstić information content (AvgIpc) is 3.32. The molecule has 9 heteroatoms. The van der Waals surface area contributed by atoms with E-state index >= 15 is 0 Å². The number of fused-ring (bicyclic) bond motifs is 1. The zero-order valence-corrected chi connectivity index (χ0v) is 20.1. The zero-order valence-electron chi connectivity index (χ0n) is 19.2. The van der Waals surface area contributed by atoms with Crippen LogP contribution in [-0.2, 0) is 13.0 Å². The Morgan fingerprint density at radius 3 is 2.68 bits per heavy atom. The fourth-order valence-corrected chi connectivity index (χ4v) is 4.65. The minimum absolute atomic E-state index is 0.340. The summed E-state index contributed by atoms with van der Waals surface area (Å²) in [6, 6.07) is 13.9. The summed E-state index contributed by atoms with van der Waals surface area (Å²) in [6.07, 6.45) is 1.57. The lowest BCUT2D eigenvalue weighted by atomic mass is 10.0. The predicted molar refractivity (Wildman–Crippen MR) is 134 cm³/mol. The van der Waals surface area contributed by atoms with Crippen LogP contribution in [0.1, 0.15) is 10.4 Å². The lowest BCUT2D eigenvalue weighted by Gasteiger charge is -2.15. The number of carbonyl (C=O) groups is 1. The van der Waals surface area contributed by atoms with Crippen molar-refractivity contribution in [2.24, 2.45) is 0 Å². The third kappa shape index (κ3) is 5.04. The third-order valence-corrected chi connectivity index (χ3v) is 6.54. The quantitative estimate of drug-likeness (QED) is 0.344. The number of ether oxygens (including phenoxy) is 2. The van der Waals surface area contributed by atoms with Crippen LogP contribution in [0.3, 0.4) is 0 Å². The highest BCUT2D eigenvalue weighted by Gasteiger charge is 2.13. The molecule has 8 nitrogen and oxygen atoms in total. The van der Waals surface area contributed by atoms with Gasteiger partial charge in [-0.1, -0.05) is 24.3 Å². The van der Waals surface area contributed by atoms with Crippen molar-refractivity contribution in [3.8, 4) is 22.6 Å². The molecule has 1 amide bonds. The average molecular weight is 479 g/mol. The van der Waals surface area contributed by atoms with Gasteiger partial charge in [0.1, 0.15) is 0 Å². The molecule has 2 aromatic carbocycles. The maximum Gasteiger partial charge on any atom is 0.407 e. The monoisotopic (exact) mass is 478 g/mol. The van der Waals surface area contributed by atoms with Gasteiger partial charge in [0, 0.05) is 35.8 Å². The van der Waals surface area contributed by atoms with E-state index in [9.17, 15) is 9.90 Å². The normalized spacial score (nSPS) is 10.8. The molecule has 0 aliphatic heterocycles. The third-order valence-electron chi connectivity index (χ3n) is 5.55. The summed E-state index contributed by atoms with van der Waals surface area (Å²) in [6.45, 7) is 1.03. The van der Waals surface area contributed by atoms with Crippen molar-refractivity contribution in [2.45, 2.75) is 13.0 Å². The predicted octanol–water partition coefficient (Wildman–Crippen LogP) is 5.14. The first-order valence-corrected chi connectivity index (χ1v) is 11.6. The first-order valence-electron chi connectivity index (χ1n) is 10.7. The van der Waals surface area contributed by atoms with Gasteiger partial charge in [0.15, 0.2) is 17.3 Å². The lowest BCUT2D eigenvalue weighted by molar-refractivity contribution is 0.154. The first kappa shape index (κ1) is 23.3. The van der Waals surface area contributed by atoms with Crippen LogP contribution in [0.2, 0.25) is 0 Å². The number of thiophene rings is 1.